The van der Waals surface area contributed by atoms with E-state index in [1.807, 2.05) is 163 Å². The largest absolute Gasteiger partial charge is 0.418 e. The molecule has 0 fully saturated rings. The molecule has 0 atom stereocenters. The third-order valence-corrected chi connectivity index (χ3v) is 27.0. The van der Waals surface area contributed by atoms with Crippen molar-refractivity contribution in [3.63, 3.8) is 0 Å². The van der Waals surface area contributed by atoms with Crippen molar-refractivity contribution in [3.05, 3.63) is 363 Å². The predicted octanol–water partition coefficient (Wildman–Crippen LogP) is 31.4. The van der Waals surface area contributed by atoms with Gasteiger partial charge < -0.3 is 17.7 Å². The summed E-state index contributed by atoms with van der Waals surface area (Å²) in [6.07, 6.45) is 6.51. The highest BCUT2D eigenvalue weighted by molar-refractivity contribution is 6.70. The first kappa shape index (κ1) is 113. The van der Waals surface area contributed by atoms with E-state index in [1.165, 1.54) is 35.4 Å². The second-order valence-electron chi connectivity index (χ2n) is 40.0. The highest BCUT2D eigenvalue weighted by Crippen LogP contribution is 2.35. The molecule has 8 aromatic carbocycles. The van der Waals surface area contributed by atoms with E-state index in [-0.39, 0.29) is 11.4 Å². The van der Waals surface area contributed by atoms with Crippen molar-refractivity contribution < 1.29 is 27.6 Å². The molecule has 0 saturated carbocycles. The Morgan fingerprint density at radius 2 is 0.472 bits per heavy atom. The zero-order valence-corrected chi connectivity index (χ0v) is 93.0. The van der Waals surface area contributed by atoms with Gasteiger partial charge in [-0.05, 0) is 392 Å². The fourth-order valence-corrected chi connectivity index (χ4v) is 18.0. The lowest BCUT2D eigenvalue weighted by atomic mass is 10.1. The number of aromatic nitrogens is 4. The van der Waals surface area contributed by atoms with Gasteiger partial charge >= 0.3 is 0 Å². The van der Waals surface area contributed by atoms with Gasteiger partial charge in [-0.3, -0.25) is 60.2 Å². The molecule has 26 heteroatoms. The number of pyridine rings is 4. The molecule has 0 spiro atoms. The van der Waals surface area contributed by atoms with E-state index in [0.717, 1.165) is 206 Å². The first-order chi connectivity index (χ1) is 67.1. The van der Waals surface area contributed by atoms with Gasteiger partial charge in [-0.2, -0.15) is 0 Å². The molecule has 142 heavy (non-hydrogen) atoms. The van der Waals surface area contributed by atoms with E-state index in [9.17, 15) is 20.2 Å². The summed E-state index contributed by atoms with van der Waals surface area (Å²) in [6, 6.07) is 75.6. The summed E-state index contributed by atoms with van der Waals surface area (Å²) in [5.41, 5.74) is 33.2. The van der Waals surface area contributed by atoms with Crippen LogP contribution in [0.4, 0.5) is 56.9 Å². The third-order valence-electron chi connectivity index (χ3n) is 22.8. The second-order valence-corrected chi connectivity index (χ2v) is 58.1. The number of nitro benzene ring substituents is 2. The van der Waals surface area contributed by atoms with Crippen LogP contribution in [-0.4, -0.2) is 135 Å². The molecule has 0 amide bonds. The molecule has 4 heterocycles. The smallest absolute Gasteiger partial charge is 0.270 e. The molecule has 12 aromatic rings. The van der Waals surface area contributed by atoms with Crippen LogP contribution in [0.15, 0.2) is 270 Å². The van der Waals surface area contributed by atoms with Crippen LogP contribution in [0, 0.1) is 103 Å². The minimum absolute atomic E-state index is 0.0347. The number of nitro groups is 2. The van der Waals surface area contributed by atoms with Gasteiger partial charge in [-0.25, -0.2) is 19.9 Å². The Balaban J connectivity index is 0.000000212. The zero-order valence-electron chi connectivity index (χ0n) is 89.0. The maximum absolute atomic E-state index is 11.3. The van der Waals surface area contributed by atoms with Gasteiger partial charge in [-0.15, -0.1) is 0 Å². The molecular weight excluding hydrogens is 1830 g/mol. The van der Waals surface area contributed by atoms with Gasteiger partial charge in [0, 0.05) is 50.7 Å². The zero-order chi connectivity index (χ0) is 104. The molecule has 0 saturated heterocycles. The summed E-state index contributed by atoms with van der Waals surface area (Å²) in [5.74, 6) is 0. The van der Waals surface area contributed by atoms with Crippen molar-refractivity contribution in [3.8, 4) is 0 Å². The summed E-state index contributed by atoms with van der Waals surface area (Å²) in [4.78, 5) is 81.1. The minimum atomic E-state index is -1.67. The van der Waals surface area contributed by atoms with Crippen LogP contribution in [0.5, 0.6) is 0 Å². The van der Waals surface area contributed by atoms with Gasteiger partial charge in [0.05, 0.1) is 147 Å². The van der Waals surface area contributed by atoms with Crippen LogP contribution in [0.25, 0.3) is 0 Å². The number of para-hydroxylation sites is 4. The van der Waals surface area contributed by atoms with Crippen molar-refractivity contribution >= 4 is 136 Å². The van der Waals surface area contributed by atoms with Crippen LogP contribution in [-0.2, 0) is 17.7 Å². The standard InChI is InChI=1S/C30H37N5O5Si.C30H39N3OSi.2C28H35N3OSi/c1-19-15-24(34(36)37)16-20(2)29(19)31-23(5)26-11-9-12-27(32-26)28(13-10-14-40-41(6,7)8)33-30-21(3)17-25(35(38)39)18-22(30)4;1-21-14-16-23(3)29(19-21)31-25(5)26-11-9-12-27(32-26)28(13-10-18-34-35(6,7)8)33-30-20-22(2)15-17-24(30)4;2*1-21-13-7-9-15-24(21)29-23(3)26-17-11-18-27(31-26)28(19-12-20-32-33(4,5)6)30-25-16-10-8-14-22(25)2/h9,11-12,15-18H,10,13-14H2,1-8H3;9,11-12,14-17,19-20H,10,13,18H2,1-8H3;2*7-11,13-18H,12,19-20H2,1-6H3. The SMILES string of the molecule is CC(=Nc1c(C)cc([N+](=O)[O-])cc1C)c1cccc(C(CCCO[Si](C)(C)C)=Nc2c(C)cc([N+](=O)[O-])cc2C)n1.CC(=Nc1cc(C)ccc1C)c1cccc(C(CCCO[Si](C)(C)C)=Nc2cc(C)ccc2C)n1.CC(=Nc1ccccc1C)c1cccc(C(CCCO[Si](C)(C)C)=Nc2ccccc2C)n1.CC(=Nc1ccccc1C)c1cccc(C(CCCO[Si](C)(C)C)=Nc2ccccc2C)n1. The molecule has 0 aliphatic rings. The monoisotopic (exact) mass is 1980 g/mol. The minimum Gasteiger partial charge on any atom is -0.418 e. The molecule has 22 nitrogen and oxygen atoms in total. The van der Waals surface area contributed by atoms with Crippen molar-refractivity contribution in [1.29, 1.82) is 0 Å². The summed E-state index contributed by atoms with van der Waals surface area (Å²) >= 11 is 0. The Kier molecular flexibility index (Phi) is 42.4. The molecular formula is C116H146N14O8Si4. The molecule has 744 valence electrons. The van der Waals surface area contributed by atoms with E-state index in [0.29, 0.717) is 63.8 Å². The molecule has 0 N–H and O–H groups in total. The third kappa shape index (κ3) is 37.3. The van der Waals surface area contributed by atoms with Crippen LogP contribution >= 0.6 is 0 Å². The number of rotatable bonds is 38. The van der Waals surface area contributed by atoms with Crippen LogP contribution in [0.2, 0.25) is 78.6 Å². The lowest BCUT2D eigenvalue weighted by Crippen LogP contribution is -2.26. The Labute approximate surface area is 847 Å². The Morgan fingerprint density at radius 3 is 0.739 bits per heavy atom. The van der Waals surface area contributed by atoms with Crippen molar-refractivity contribution in [1.82, 2.24) is 19.9 Å². The van der Waals surface area contributed by atoms with Gasteiger partial charge in [0.25, 0.3) is 11.4 Å². The first-order valence-electron chi connectivity index (χ1n) is 49.0. The lowest BCUT2D eigenvalue weighted by Gasteiger charge is -2.17. The van der Waals surface area contributed by atoms with Crippen molar-refractivity contribution in [2.75, 3.05) is 26.4 Å². The number of hydrogen-bond donors (Lipinski definition) is 0. The van der Waals surface area contributed by atoms with Crippen LogP contribution in [0.3, 0.4) is 0 Å². The van der Waals surface area contributed by atoms with E-state index in [4.69, 9.17) is 77.6 Å². The number of aliphatic imine (C=N–C) groups is 8. The summed E-state index contributed by atoms with van der Waals surface area (Å²) in [7, 11) is -6.27. The number of aryl methyl sites for hydroxylation is 12. The Bertz CT molecular complexity index is 6420. The fourth-order valence-electron chi connectivity index (χ4n) is 15.0. The Hall–Kier alpha value is -12.8. The molecule has 0 aliphatic carbocycles. The van der Waals surface area contributed by atoms with Gasteiger partial charge in [0.2, 0.25) is 0 Å². The number of hydrogen-bond acceptors (Lipinski definition) is 20. The van der Waals surface area contributed by atoms with Crippen molar-refractivity contribution in [2.45, 2.75) is 241 Å². The molecule has 4 aromatic heterocycles. The quantitative estimate of drug-likeness (QED) is 0.0115. The molecule has 12 rings (SSSR count). The summed E-state index contributed by atoms with van der Waals surface area (Å²) in [6.45, 7) is 61.1. The summed E-state index contributed by atoms with van der Waals surface area (Å²) in [5, 5.41) is 22.6. The number of benzene rings is 8. The number of nitrogens with zero attached hydrogens (tertiary/aromatic N) is 14. The van der Waals surface area contributed by atoms with E-state index >= 15 is 0 Å². The van der Waals surface area contributed by atoms with Gasteiger partial charge in [0.1, 0.15) is 0 Å². The maximum atomic E-state index is 11.3. The maximum Gasteiger partial charge on any atom is 0.270 e. The molecule has 0 unspecified atom stereocenters. The average molecular weight is 1980 g/mol. The molecule has 0 bridgehead atoms. The first-order valence-corrected chi connectivity index (χ1v) is 62.6. The molecule has 0 radical (unpaired) electrons. The van der Waals surface area contributed by atoms with E-state index < -0.39 is 43.1 Å². The second kappa shape index (κ2) is 53.4. The topological polar surface area (TPSA) is 274 Å². The fraction of sp³-hybridized carbons (Fsp3) is 0.345. The predicted molar refractivity (Wildman–Crippen MR) is 605 cm³/mol. The van der Waals surface area contributed by atoms with E-state index in [1.54, 1.807) is 13.8 Å². The molecule has 0 aliphatic heterocycles. The highest BCUT2D eigenvalue weighted by atomic mass is 28.4. The lowest BCUT2D eigenvalue weighted by molar-refractivity contribution is -0.385. The van der Waals surface area contributed by atoms with Crippen LogP contribution < -0.4 is 0 Å². The van der Waals surface area contributed by atoms with E-state index in [2.05, 4.69) is 219 Å². The van der Waals surface area contributed by atoms with Crippen molar-refractivity contribution in [2.24, 2.45) is 39.9 Å². The normalized spacial score (nSPS) is 12.7. The highest BCUT2D eigenvalue weighted by Gasteiger charge is 2.23. The average Bonchev–Trinajstić information content (AvgIpc) is 0.819. The summed E-state index contributed by atoms with van der Waals surface area (Å²) < 4.78 is 24.3. The number of non-ortho nitro benzene ring substituents is 2. The van der Waals surface area contributed by atoms with Gasteiger partial charge in [0.15, 0.2) is 33.3 Å². The van der Waals surface area contributed by atoms with Gasteiger partial charge in [-0.1, -0.05) is 121 Å². The van der Waals surface area contributed by atoms with Crippen LogP contribution in [0.1, 0.15) is 191 Å². The Morgan fingerprint density at radius 1 is 0.254 bits per heavy atom.